The zero-order chi connectivity index (χ0) is 30.7. The van der Waals surface area contributed by atoms with Crippen molar-refractivity contribution in [3.05, 3.63) is 77.4 Å². The Hall–Kier alpha value is -4.02. The first-order valence-corrected chi connectivity index (χ1v) is 15.3. The Bertz CT molecular complexity index is 1370. The average molecular weight is 586 g/mol. The van der Waals surface area contributed by atoms with E-state index in [0.29, 0.717) is 12.7 Å². The normalized spacial score (nSPS) is 18.0. The number of carbonyl (C=O) groups is 1. The van der Waals surface area contributed by atoms with E-state index in [9.17, 15) is 4.79 Å². The third-order valence-electron chi connectivity index (χ3n) is 8.45. The highest BCUT2D eigenvalue weighted by atomic mass is 16.2. The number of piperazine rings is 1. The molecule has 0 radical (unpaired) electrons. The largest absolute Gasteiger partial charge is 0.369 e. The minimum atomic E-state index is -0.216. The molecule has 3 aliphatic heterocycles. The number of hydrazine groups is 1. The van der Waals surface area contributed by atoms with Crippen molar-refractivity contribution in [1.29, 1.82) is 0 Å². The van der Waals surface area contributed by atoms with E-state index in [4.69, 9.17) is 4.99 Å². The standard InChI is InChI=1S/C33H47N9O/c1-8-39-16-18-40(19-17-39)28-12-14-29(15-13-28)42(33(43)36-32-25(4)10-9-11-26(32)5)31-20-30(34-23-37(31)6)35-27-21-38(7)41(22-27)24(2)3/h9-15,20,22,24H,8,16-19,21,23H2,1-7H3,(H,34,35)(H,36,43). The molecular weight excluding hydrogens is 538 g/mol. The monoisotopic (exact) mass is 585 g/mol. The van der Waals surface area contributed by atoms with Gasteiger partial charge in [-0.3, -0.25) is 0 Å². The molecule has 1 saturated heterocycles. The Kier molecular flexibility index (Phi) is 9.27. The number of hydrogen-bond donors (Lipinski definition) is 2. The van der Waals surface area contributed by atoms with Crippen LogP contribution in [-0.2, 0) is 0 Å². The lowest BCUT2D eigenvalue weighted by Gasteiger charge is -2.36. The third-order valence-corrected chi connectivity index (χ3v) is 8.45. The first kappa shape index (κ1) is 30.4. The second kappa shape index (κ2) is 13.1. The summed E-state index contributed by atoms with van der Waals surface area (Å²) in [4.78, 5) is 27.6. The first-order chi connectivity index (χ1) is 20.6. The van der Waals surface area contributed by atoms with Gasteiger partial charge in [0.05, 0.1) is 17.9 Å². The zero-order valence-electron chi connectivity index (χ0n) is 26.8. The van der Waals surface area contributed by atoms with Crippen LogP contribution >= 0.6 is 0 Å². The summed E-state index contributed by atoms with van der Waals surface area (Å²) >= 11 is 0. The summed E-state index contributed by atoms with van der Waals surface area (Å²) in [5.41, 5.74) is 5.92. The van der Waals surface area contributed by atoms with Gasteiger partial charge in [0.2, 0.25) is 0 Å². The van der Waals surface area contributed by atoms with Crippen LogP contribution in [-0.4, -0.2) is 97.8 Å². The van der Waals surface area contributed by atoms with E-state index >= 15 is 0 Å². The van der Waals surface area contributed by atoms with Gasteiger partial charge in [0, 0.05) is 70.0 Å². The number of anilines is 3. The fourth-order valence-corrected chi connectivity index (χ4v) is 5.91. The first-order valence-electron chi connectivity index (χ1n) is 15.3. The molecule has 0 aromatic heterocycles. The van der Waals surface area contributed by atoms with Crippen LogP contribution in [0.1, 0.15) is 31.9 Å². The van der Waals surface area contributed by atoms with E-state index in [2.05, 4.69) is 76.6 Å². The van der Waals surface area contributed by atoms with Crippen molar-refractivity contribution in [2.75, 3.05) is 75.1 Å². The molecule has 0 spiro atoms. The van der Waals surface area contributed by atoms with Crippen LogP contribution in [0, 0.1) is 13.8 Å². The molecule has 2 N–H and O–H groups in total. The highest BCUT2D eigenvalue weighted by Crippen LogP contribution is 2.29. The van der Waals surface area contributed by atoms with Crippen molar-refractivity contribution >= 4 is 28.9 Å². The van der Waals surface area contributed by atoms with Crippen LogP contribution in [0.15, 0.2) is 71.3 Å². The summed E-state index contributed by atoms with van der Waals surface area (Å²) in [6.07, 6.45) is 4.09. The molecule has 2 amide bonds. The van der Waals surface area contributed by atoms with Crippen molar-refractivity contribution < 1.29 is 4.79 Å². The lowest BCUT2D eigenvalue weighted by molar-refractivity contribution is 0.0516. The van der Waals surface area contributed by atoms with Crippen LogP contribution in [0.5, 0.6) is 0 Å². The van der Waals surface area contributed by atoms with Gasteiger partial charge in [-0.15, -0.1) is 0 Å². The zero-order valence-corrected chi connectivity index (χ0v) is 26.8. The maximum absolute atomic E-state index is 14.2. The second-order valence-electron chi connectivity index (χ2n) is 11.9. The van der Waals surface area contributed by atoms with Gasteiger partial charge in [-0.05, 0) is 69.6 Å². The summed E-state index contributed by atoms with van der Waals surface area (Å²) in [6, 6.07) is 14.6. The molecule has 2 aromatic rings. The molecule has 1 fully saturated rings. The van der Waals surface area contributed by atoms with Gasteiger partial charge in [-0.2, -0.15) is 0 Å². The molecule has 43 heavy (non-hydrogen) atoms. The molecule has 0 unspecified atom stereocenters. The minimum absolute atomic E-state index is 0.216. The van der Waals surface area contributed by atoms with Gasteiger partial charge in [0.25, 0.3) is 0 Å². The molecule has 5 rings (SSSR count). The number of aryl methyl sites for hydroxylation is 2. The number of aliphatic imine (C=N–C) groups is 1. The van der Waals surface area contributed by atoms with E-state index in [0.717, 1.165) is 79.1 Å². The molecule has 0 atom stereocenters. The van der Waals surface area contributed by atoms with Gasteiger partial charge in [-0.1, -0.05) is 25.1 Å². The molecule has 3 aliphatic rings. The van der Waals surface area contributed by atoms with E-state index in [1.54, 1.807) is 4.90 Å². The van der Waals surface area contributed by atoms with Crippen molar-refractivity contribution in [2.24, 2.45) is 4.99 Å². The molecular formula is C33H47N9O. The Morgan fingerprint density at radius 1 is 1.00 bits per heavy atom. The summed E-state index contributed by atoms with van der Waals surface area (Å²) in [7, 11) is 4.05. The fourth-order valence-electron chi connectivity index (χ4n) is 5.91. The number of likely N-dealkylation sites (N-methyl/N-ethyl adjacent to an activating group) is 2. The van der Waals surface area contributed by atoms with Gasteiger partial charge < -0.3 is 30.3 Å². The third kappa shape index (κ3) is 6.81. The van der Waals surface area contributed by atoms with E-state index in [1.807, 2.05) is 62.2 Å². The highest BCUT2D eigenvalue weighted by Gasteiger charge is 2.28. The Labute approximate surface area is 256 Å². The number of benzene rings is 2. The SMILES string of the molecule is CCN1CCN(c2ccc(N(C(=O)Nc3c(C)cccc3C)C3=CC(NC4=CN(C(C)C)N(C)C4)=NCN3C)cc2)CC1. The van der Waals surface area contributed by atoms with Crippen LogP contribution in [0.25, 0.3) is 0 Å². The maximum Gasteiger partial charge on any atom is 0.332 e. The molecule has 0 aliphatic carbocycles. The number of amidine groups is 1. The van der Waals surface area contributed by atoms with Crippen molar-refractivity contribution in [1.82, 2.24) is 25.1 Å². The van der Waals surface area contributed by atoms with Gasteiger partial charge in [0.15, 0.2) is 0 Å². The lowest BCUT2D eigenvalue weighted by Crippen LogP contribution is -2.46. The van der Waals surface area contributed by atoms with E-state index in [1.165, 1.54) is 5.69 Å². The molecule has 10 nitrogen and oxygen atoms in total. The van der Waals surface area contributed by atoms with Crippen molar-refractivity contribution in [3.63, 3.8) is 0 Å². The Balaban J connectivity index is 1.44. The fraction of sp³-hybridized carbons (Fsp3) is 0.455. The molecule has 0 bridgehead atoms. The summed E-state index contributed by atoms with van der Waals surface area (Å²) in [5, 5.41) is 11.1. The number of nitrogens with one attached hydrogen (secondary N) is 2. The van der Waals surface area contributed by atoms with Crippen LogP contribution < -0.4 is 20.4 Å². The van der Waals surface area contributed by atoms with Crippen molar-refractivity contribution in [3.8, 4) is 0 Å². The molecule has 2 aromatic carbocycles. The Morgan fingerprint density at radius 2 is 1.67 bits per heavy atom. The smallest absolute Gasteiger partial charge is 0.332 e. The summed E-state index contributed by atoms with van der Waals surface area (Å²) in [5.74, 6) is 1.48. The number of hydrogen-bond acceptors (Lipinski definition) is 8. The van der Waals surface area contributed by atoms with E-state index in [-0.39, 0.29) is 6.03 Å². The predicted molar refractivity (Wildman–Crippen MR) is 177 cm³/mol. The van der Waals surface area contributed by atoms with Crippen LogP contribution in [0.4, 0.5) is 21.9 Å². The number of rotatable bonds is 7. The van der Waals surface area contributed by atoms with Crippen LogP contribution in [0.2, 0.25) is 0 Å². The number of nitrogens with zero attached hydrogens (tertiary/aromatic N) is 7. The summed E-state index contributed by atoms with van der Waals surface area (Å²) < 4.78 is 0. The predicted octanol–water partition coefficient (Wildman–Crippen LogP) is 4.63. The quantitative estimate of drug-likeness (QED) is 0.491. The lowest BCUT2D eigenvalue weighted by atomic mass is 10.1. The van der Waals surface area contributed by atoms with Crippen molar-refractivity contribution in [2.45, 2.75) is 40.7 Å². The maximum atomic E-state index is 14.2. The molecule has 10 heteroatoms. The molecule has 0 saturated carbocycles. The number of urea groups is 1. The number of carbonyl (C=O) groups excluding carboxylic acids is 1. The van der Waals surface area contributed by atoms with E-state index < -0.39 is 0 Å². The summed E-state index contributed by atoms with van der Waals surface area (Å²) in [6.45, 7) is 17.0. The number of para-hydroxylation sites is 1. The topological polar surface area (TPSA) is 72.9 Å². The van der Waals surface area contributed by atoms with Gasteiger partial charge in [0.1, 0.15) is 18.3 Å². The number of amides is 2. The Morgan fingerprint density at radius 3 is 2.28 bits per heavy atom. The second-order valence-corrected chi connectivity index (χ2v) is 11.9. The molecule has 230 valence electrons. The van der Waals surface area contributed by atoms with Gasteiger partial charge >= 0.3 is 6.03 Å². The highest BCUT2D eigenvalue weighted by molar-refractivity contribution is 6.06. The van der Waals surface area contributed by atoms with Gasteiger partial charge in [-0.25, -0.2) is 19.7 Å². The minimum Gasteiger partial charge on any atom is -0.369 e. The molecule has 3 heterocycles. The van der Waals surface area contributed by atoms with Crippen LogP contribution in [0.3, 0.4) is 0 Å². The average Bonchev–Trinajstić information content (AvgIpc) is 3.37.